The van der Waals surface area contributed by atoms with Crippen LogP contribution in [0.3, 0.4) is 0 Å². The average molecular weight is 487 g/mol. The van der Waals surface area contributed by atoms with Gasteiger partial charge in [0.15, 0.2) is 14.6 Å². The molecule has 0 aliphatic rings. The van der Waals surface area contributed by atoms with Crippen LogP contribution >= 0.6 is 34.5 Å². The van der Waals surface area contributed by atoms with Crippen molar-refractivity contribution in [1.82, 2.24) is 4.57 Å². The maximum absolute atomic E-state index is 12.8. The number of benzene rings is 2. The number of nitrogens with zero attached hydrogens (tertiary/aromatic N) is 2. The predicted molar refractivity (Wildman–Crippen MR) is 120 cm³/mol. The minimum atomic E-state index is -3.43. The molecule has 30 heavy (non-hydrogen) atoms. The Morgan fingerprint density at radius 3 is 2.60 bits per heavy atom. The van der Waals surface area contributed by atoms with E-state index in [2.05, 4.69) is 4.99 Å². The largest absolute Gasteiger partial charge is 0.380 e. The van der Waals surface area contributed by atoms with Crippen LogP contribution in [0.25, 0.3) is 10.2 Å². The number of hydrogen-bond donors (Lipinski definition) is 0. The van der Waals surface area contributed by atoms with E-state index in [4.69, 9.17) is 27.9 Å². The zero-order valence-corrected chi connectivity index (χ0v) is 19.5. The topological polar surface area (TPSA) is 77.7 Å². The highest BCUT2D eigenvalue weighted by atomic mass is 35.5. The molecule has 3 rings (SSSR count). The molecule has 0 radical (unpaired) electrons. The lowest BCUT2D eigenvalue weighted by molar-refractivity contribution is 0.0996. The first kappa shape index (κ1) is 23.0. The van der Waals surface area contributed by atoms with Crippen molar-refractivity contribution in [3.8, 4) is 0 Å². The van der Waals surface area contributed by atoms with Gasteiger partial charge in [0.05, 0.1) is 37.5 Å². The molecule has 1 amide bonds. The fraction of sp³-hybridized carbons (Fsp3) is 0.300. The lowest BCUT2D eigenvalue weighted by atomic mass is 10.2. The Hall–Kier alpha value is -1.71. The first-order valence-corrected chi connectivity index (χ1v) is 12.5. The van der Waals surface area contributed by atoms with Gasteiger partial charge >= 0.3 is 0 Å². The van der Waals surface area contributed by atoms with Gasteiger partial charge < -0.3 is 9.30 Å². The molecule has 0 saturated heterocycles. The lowest BCUT2D eigenvalue weighted by Crippen LogP contribution is -2.20. The third kappa shape index (κ3) is 4.78. The van der Waals surface area contributed by atoms with E-state index < -0.39 is 15.7 Å². The molecule has 0 spiro atoms. The molecule has 10 heteroatoms. The standard InChI is InChI=1S/C20H20Cl2N2O4S2/c1-3-28-11-10-24-17-15(21)8-9-16(22)18(17)29-20(24)23-19(25)13-6-5-7-14(12-13)30(26,27)4-2/h5-9,12H,3-4,10-11H2,1-2H3. The Kier molecular flexibility index (Phi) is 7.36. The van der Waals surface area contributed by atoms with E-state index in [0.717, 1.165) is 4.70 Å². The van der Waals surface area contributed by atoms with E-state index in [0.29, 0.717) is 40.1 Å². The van der Waals surface area contributed by atoms with Gasteiger partial charge in [0, 0.05) is 18.7 Å². The number of fused-ring (bicyclic) bond motifs is 1. The van der Waals surface area contributed by atoms with Gasteiger partial charge in [-0.2, -0.15) is 4.99 Å². The SMILES string of the molecule is CCOCCn1c(=NC(=O)c2cccc(S(=O)(=O)CC)c2)sc2c(Cl)ccc(Cl)c21. The Labute approximate surface area is 188 Å². The van der Waals surface area contributed by atoms with Crippen molar-refractivity contribution >= 4 is 60.5 Å². The molecule has 0 aliphatic heterocycles. The third-order valence-electron chi connectivity index (χ3n) is 4.41. The smallest absolute Gasteiger partial charge is 0.279 e. The molecule has 160 valence electrons. The van der Waals surface area contributed by atoms with Crippen LogP contribution in [0.5, 0.6) is 0 Å². The van der Waals surface area contributed by atoms with E-state index in [1.165, 1.54) is 29.5 Å². The summed E-state index contributed by atoms with van der Waals surface area (Å²) in [5.74, 6) is -0.598. The van der Waals surface area contributed by atoms with Crippen LogP contribution < -0.4 is 4.80 Å². The average Bonchev–Trinajstić information content (AvgIpc) is 3.10. The summed E-state index contributed by atoms with van der Waals surface area (Å²) in [6.45, 7) is 4.86. The van der Waals surface area contributed by atoms with Gasteiger partial charge in [-0.05, 0) is 37.3 Å². The summed E-state index contributed by atoms with van der Waals surface area (Å²) in [7, 11) is -3.43. The molecule has 6 nitrogen and oxygen atoms in total. The first-order valence-electron chi connectivity index (χ1n) is 9.25. The van der Waals surface area contributed by atoms with E-state index in [-0.39, 0.29) is 16.2 Å². The minimum absolute atomic E-state index is 0.0491. The van der Waals surface area contributed by atoms with Gasteiger partial charge in [0.1, 0.15) is 0 Å². The number of sulfone groups is 1. The van der Waals surface area contributed by atoms with Gasteiger partial charge in [-0.1, -0.05) is 47.5 Å². The summed E-state index contributed by atoms with van der Waals surface area (Å²) in [4.78, 5) is 17.6. The number of carbonyl (C=O) groups excluding carboxylic acids is 1. The number of thiazole rings is 1. The monoisotopic (exact) mass is 486 g/mol. The molecular formula is C20H20Cl2N2O4S2. The number of rotatable bonds is 7. The molecule has 0 fully saturated rings. The Bertz CT molecular complexity index is 1260. The van der Waals surface area contributed by atoms with Crippen LogP contribution in [-0.4, -0.2) is 37.9 Å². The van der Waals surface area contributed by atoms with Crippen molar-refractivity contribution in [1.29, 1.82) is 0 Å². The molecule has 0 atom stereocenters. The second-order valence-electron chi connectivity index (χ2n) is 6.29. The molecule has 0 unspecified atom stereocenters. The number of aromatic nitrogens is 1. The highest BCUT2D eigenvalue weighted by molar-refractivity contribution is 7.91. The lowest BCUT2D eigenvalue weighted by Gasteiger charge is -2.07. The third-order valence-corrected chi connectivity index (χ3v) is 7.98. The summed E-state index contributed by atoms with van der Waals surface area (Å²) < 4.78 is 32.2. The molecule has 3 aromatic rings. The van der Waals surface area contributed by atoms with Gasteiger partial charge in [0.25, 0.3) is 5.91 Å². The second kappa shape index (κ2) is 9.62. The number of ether oxygens (including phenoxy) is 1. The van der Waals surface area contributed by atoms with Crippen LogP contribution in [0.1, 0.15) is 24.2 Å². The van der Waals surface area contributed by atoms with E-state index >= 15 is 0 Å². The van der Waals surface area contributed by atoms with Crippen molar-refractivity contribution in [3.63, 3.8) is 0 Å². The highest BCUT2D eigenvalue weighted by Gasteiger charge is 2.16. The van der Waals surface area contributed by atoms with Crippen LogP contribution in [-0.2, 0) is 21.1 Å². The second-order valence-corrected chi connectivity index (χ2v) is 10.4. The van der Waals surface area contributed by atoms with Crippen molar-refractivity contribution in [2.75, 3.05) is 19.0 Å². The zero-order valence-electron chi connectivity index (χ0n) is 16.4. The van der Waals surface area contributed by atoms with Crippen LogP contribution in [0.4, 0.5) is 0 Å². The van der Waals surface area contributed by atoms with Crippen molar-refractivity contribution < 1.29 is 17.9 Å². The number of hydrogen-bond acceptors (Lipinski definition) is 5. The predicted octanol–water partition coefficient (Wildman–Crippen LogP) is 4.58. The molecule has 0 N–H and O–H groups in total. The molecule has 0 aliphatic carbocycles. The maximum atomic E-state index is 12.8. The van der Waals surface area contributed by atoms with Gasteiger partial charge in [0.2, 0.25) is 0 Å². The molecule has 0 bridgehead atoms. The Balaban J connectivity index is 2.13. The summed E-state index contributed by atoms with van der Waals surface area (Å²) >= 11 is 14.0. The molecular weight excluding hydrogens is 467 g/mol. The number of halogens is 2. The van der Waals surface area contributed by atoms with Gasteiger partial charge in [-0.15, -0.1) is 0 Å². The Morgan fingerprint density at radius 1 is 1.17 bits per heavy atom. The maximum Gasteiger partial charge on any atom is 0.279 e. The minimum Gasteiger partial charge on any atom is -0.380 e. The van der Waals surface area contributed by atoms with Crippen LogP contribution in [0, 0.1) is 0 Å². The molecule has 1 aromatic heterocycles. The van der Waals surface area contributed by atoms with Crippen molar-refractivity contribution in [3.05, 3.63) is 56.8 Å². The first-order chi connectivity index (χ1) is 14.3. The number of carbonyl (C=O) groups is 1. The van der Waals surface area contributed by atoms with E-state index in [1.807, 2.05) is 6.92 Å². The summed E-state index contributed by atoms with van der Waals surface area (Å²) in [6, 6.07) is 9.28. The van der Waals surface area contributed by atoms with Crippen molar-refractivity contribution in [2.45, 2.75) is 25.3 Å². The van der Waals surface area contributed by atoms with E-state index in [1.54, 1.807) is 29.7 Å². The fourth-order valence-corrected chi connectivity index (χ4v) is 5.44. The van der Waals surface area contributed by atoms with Gasteiger partial charge in [-0.3, -0.25) is 4.79 Å². The fourth-order valence-electron chi connectivity index (χ4n) is 2.84. The number of amides is 1. The molecule has 0 saturated carbocycles. The van der Waals surface area contributed by atoms with Crippen LogP contribution in [0.15, 0.2) is 46.3 Å². The summed E-state index contributed by atoms with van der Waals surface area (Å²) in [5, 5.41) is 1.00. The zero-order chi connectivity index (χ0) is 21.9. The quantitative estimate of drug-likeness (QED) is 0.457. The normalized spacial score (nSPS) is 12.6. The summed E-state index contributed by atoms with van der Waals surface area (Å²) in [6.07, 6.45) is 0. The van der Waals surface area contributed by atoms with E-state index in [9.17, 15) is 13.2 Å². The molecule has 2 aromatic carbocycles. The van der Waals surface area contributed by atoms with Gasteiger partial charge in [-0.25, -0.2) is 8.42 Å². The van der Waals surface area contributed by atoms with Crippen LogP contribution in [0.2, 0.25) is 10.0 Å². The van der Waals surface area contributed by atoms with Crippen molar-refractivity contribution in [2.24, 2.45) is 4.99 Å². The Morgan fingerprint density at radius 2 is 1.90 bits per heavy atom. The summed E-state index contributed by atoms with van der Waals surface area (Å²) in [5.41, 5.74) is 0.873. The highest BCUT2D eigenvalue weighted by Crippen LogP contribution is 2.32. The molecule has 1 heterocycles.